The maximum Gasteiger partial charge on any atom is 0.137 e. The highest BCUT2D eigenvalue weighted by Gasteiger charge is 2.23. The summed E-state index contributed by atoms with van der Waals surface area (Å²) in [6.07, 6.45) is 0.570. The van der Waals surface area contributed by atoms with Crippen LogP contribution in [-0.2, 0) is 0 Å². The van der Waals surface area contributed by atoms with Crippen LogP contribution in [0.2, 0.25) is 0 Å². The van der Waals surface area contributed by atoms with Crippen LogP contribution in [0, 0.1) is 11.3 Å². The average molecular weight is 245 g/mol. The van der Waals surface area contributed by atoms with Gasteiger partial charge in [0.1, 0.15) is 17.1 Å². The highest BCUT2D eigenvalue weighted by atomic mass is 32.2. The van der Waals surface area contributed by atoms with Gasteiger partial charge in [0.15, 0.2) is 0 Å². The smallest absolute Gasteiger partial charge is 0.137 e. The first kappa shape index (κ1) is 11.8. The lowest BCUT2D eigenvalue weighted by molar-refractivity contribution is 0.159. The molecule has 0 amide bonds. The summed E-state index contributed by atoms with van der Waals surface area (Å²) in [5.41, 5.74) is 0. The lowest BCUT2D eigenvalue weighted by atomic mass is 10.2. The molecule has 0 fully saturated rings. The molecule has 0 bridgehead atoms. The third-order valence-electron chi connectivity index (χ3n) is 2.25. The second kappa shape index (κ2) is 5.58. The Labute approximate surface area is 104 Å². The number of hydrogen-bond donors (Lipinski definition) is 1. The quantitative estimate of drug-likeness (QED) is 0.841. The summed E-state index contributed by atoms with van der Waals surface area (Å²) in [6, 6.07) is 15.0. The zero-order valence-electron chi connectivity index (χ0n) is 8.98. The van der Waals surface area contributed by atoms with E-state index in [1.807, 2.05) is 30.3 Å². The van der Waals surface area contributed by atoms with Gasteiger partial charge >= 0.3 is 0 Å². The Kier molecular flexibility index (Phi) is 3.86. The number of aliphatic hydroxyl groups is 1. The van der Waals surface area contributed by atoms with Gasteiger partial charge in [-0.25, -0.2) is 0 Å². The Morgan fingerprint density at radius 3 is 2.53 bits per heavy atom. The van der Waals surface area contributed by atoms with E-state index in [0.717, 1.165) is 4.90 Å². The van der Waals surface area contributed by atoms with E-state index in [9.17, 15) is 5.11 Å². The minimum absolute atomic E-state index is 0.417. The molecule has 0 radical (unpaired) electrons. The Hall–Kier alpha value is -1.70. The molecule has 86 valence electrons. The topological polar surface area (TPSA) is 57.2 Å². The molecule has 4 heteroatoms. The van der Waals surface area contributed by atoms with Crippen LogP contribution in [0.4, 0.5) is 0 Å². The Morgan fingerprint density at radius 1 is 1.18 bits per heavy atom. The van der Waals surface area contributed by atoms with Crippen molar-refractivity contribution >= 4 is 11.8 Å². The van der Waals surface area contributed by atoms with Gasteiger partial charge in [0.25, 0.3) is 0 Å². The fourth-order valence-corrected chi connectivity index (χ4v) is 2.34. The average Bonchev–Trinajstić information content (AvgIpc) is 2.90. The third kappa shape index (κ3) is 2.90. The van der Waals surface area contributed by atoms with Gasteiger partial charge in [-0.15, -0.1) is 11.8 Å². The van der Waals surface area contributed by atoms with Crippen LogP contribution in [-0.4, -0.2) is 10.4 Å². The van der Waals surface area contributed by atoms with Crippen molar-refractivity contribution < 1.29 is 9.52 Å². The number of rotatable bonds is 4. The largest absolute Gasteiger partial charge is 0.467 e. The Morgan fingerprint density at radius 2 is 1.94 bits per heavy atom. The van der Waals surface area contributed by atoms with Crippen molar-refractivity contribution in [2.45, 2.75) is 16.2 Å². The van der Waals surface area contributed by atoms with E-state index < -0.39 is 11.4 Å². The molecule has 0 spiro atoms. The van der Waals surface area contributed by atoms with Crippen LogP contribution in [0.15, 0.2) is 58.0 Å². The monoisotopic (exact) mass is 245 g/mol. The van der Waals surface area contributed by atoms with E-state index in [0.29, 0.717) is 5.76 Å². The molecular formula is C13H11NO2S. The summed E-state index contributed by atoms with van der Waals surface area (Å²) in [7, 11) is 0. The molecule has 1 N–H and O–H groups in total. The molecule has 17 heavy (non-hydrogen) atoms. The van der Waals surface area contributed by atoms with Crippen molar-refractivity contribution in [1.82, 2.24) is 0 Å². The van der Waals surface area contributed by atoms with Gasteiger partial charge in [-0.2, -0.15) is 5.26 Å². The second-order valence-corrected chi connectivity index (χ2v) is 4.66. The van der Waals surface area contributed by atoms with Gasteiger partial charge in [0.05, 0.1) is 12.3 Å². The fourth-order valence-electron chi connectivity index (χ4n) is 1.42. The molecule has 0 saturated carbocycles. The lowest BCUT2D eigenvalue weighted by Gasteiger charge is -2.13. The Bertz CT molecular complexity index is 490. The second-order valence-electron chi connectivity index (χ2n) is 3.44. The van der Waals surface area contributed by atoms with Crippen molar-refractivity contribution in [3.05, 3.63) is 54.5 Å². The van der Waals surface area contributed by atoms with E-state index in [2.05, 4.69) is 6.07 Å². The standard InChI is InChI=1S/C13H11NO2S/c14-9-12(13(15)11-7-4-8-16-11)17-10-5-2-1-3-6-10/h1-8,12-13,15H. The van der Waals surface area contributed by atoms with Gasteiger partial charge in [-0.05, 0) is 24.3 Å². The molecule has 3 nitrogen and oxygen atoms in total. The molecular weight excluding hydrogens is 234 g/mol. The summed E-state index contributed by atoms with van der Waals surface area (Å²) in [6.45, 7) is 0. The molecule has 0 aliphatic rings. The molecule has 2 unspecified atom stereocenters. The van der Waals surface area contributed by atoms with Crippen molar-refractivity contribution in [1.29, 1.82) is 5.26 Å². The van der Waals surface area contributed by atoms with Crippen LogP contribution < -0.4 is 0 Å². The van der Waals surface area contributed by atoms with Crippen molar-refractivity contribution in [2.75, 3.05) is 0 Å². The normalized spacial score (nSPS) is 13.9. The number of thioether (sulfide) groups is 1. The van der Waals surface area contributed by atoms with Gasteiger partial charge < -0.3 is 9.52 Å². The van der Waals surface area contributed by atoms with E-state index >= 15 is 0 Å². The number of benzene rings is 1. The zero-order chi connectivity index (χ0) is 12.1. The Balaban J connectivity index is 2.10. The molecule has 2 rings (SSSR count). The van der Waals surface area contributed by atoms with Crippen molar-refractivity contribution in [3.8, 4) is 6.07 Å². The molecule has 1 aromatic heterocycles. The van der Waals surface area contributed by atoms with Gasteiger partial charge in [-0.1, -0.05) is 18.2 Å². The minimum atomic E-state index is -0.916. The highest BCUT2D eigenvalue weighted by molar-refractivity contribution is 8.00. The summed E-state index contributed by atoms with van der Waals surface area (Å²) in [5, 5.41) is 18.5. The molecule has 0 aliphatic heterocycles. The molecule has 1 heterocycles. The number of nitriles is 1. The summed E-state index contributed by atoms with van der Waals surface area (Å²) >= 11 is 1.32. The first-order valence-corrected chi connectivity index (χ1v) is 6.02. The summed E-state index contributed by atoms with van der Waals surface area (Å²) in [5.74, 6) is 0.417. The van der Waals surface area contributed by atoms with Crippen LogP contribution in [0.3, 0.4) is 0 Å². The van der Waals surface area contributed by atoms with E-state index in [1.165, 1.54) is 18.0 Å². The number of aliphatic hydroxyl groups excluding tert-OH is 1. The predicted molar refractivity (Wildman–Crippen MR) is 65.4 cm³/mol. The predicted octanol–water partition coefficient (Wildman–Crippen LogP) is 3.00. The van der Waals surface area contributed by atoms with Crippen molar-refractivity contribution in [2.24, 2.45) is 0 Å². The van der Waals surface area contributed by atoms with Crippen LogP contribution in [0.1, 0.15) is 11.9 Å². The van der Waals surface area contributed by atoms with E-state index in [-0.39, 0.29) is 0 Å². The zero-order valence-corrected chi connectivity index (χ0v) is 9.80. The molecule has 0 aliphatic carbocycles. The molecule has 2 aromatic rings. The first-order chi connectivity index (χ1) is 8.31. The lowest BCUT2D eigenvalue weighted by Crippen LogP contribution is -2.12. The van der Waals surface area contributed by atoms with Crippen LogP contribution in [0.5, 0.6) is 0 Å². The SMILES string of the molecule is N#CC(Sc1ccccc1)C(O)c1ccco1. The van der Waals surface area contributed by atoms with Crippen LogP contribution >= 0.6 is 11.8 Å². The molecule has 0 saturated heterocycles. The molecule has 1 aromatic carbocycles. The van der Waals surface area contributed by atoms with E-state index in [4.69, 9.17) is 9.68 Å². The first-order valence-electron chi connectivity index (χ1n) is 5.14. The van der Waals surface area contributed by atoms with E-state index in [1.54, 1.807) is 12.1 Å². The van der Waals surface area contributed by atoms with Gasteiger partial charge in [0, 0.05) is 4.90 Å². The summed E-state index contributed by atoms with van der Waals surface area (Å²) in [4.78, 5) is 0.949. The number of nitrogens with zero attached hydrogens (tertiary/aromatic N) is 1. The summed E-state index contributed by atoms with van der Waals surface area (Å²) < 4.78 is 5.10. The highest BCUT2D eigenvalue weighted by Crippen LogP contribution is 2.31. The van der Waals surface area contributed by atoms with Gasteiger partial charge in [0.2, 0.25) is 0 Å². The third-order valence-corrected chi connectivity index (χ3v) is 3.42. The maximum atomic E-state index is 9.99. The number of hydrogen-bond acceptors (Lipinski definition) is 4. The molecule has 2 atom stereocenters. The number of furan rings is 1. The van der Waals surface area contributed by atoms with Crippen LogP contribution in [0.25, 0.3) is 0 Å². The van der Waals surface area contributed by atoms with Crippen molar-refractivity contribution in [3.63, 3.8) is 0 Å². The maximum absolute atomic E-state index is 9.99. The fraction of sp³-hybridized carbons (Fsp3) is 0.154. The van der Waals surface area contributed by atoms with Gasteiger partial charge in [-0.3, -0.25) is 0 Å². The minimum Gasteiger partial charge on any atom is -0.467 e.